The summed E-state index contributed by atoms with van der Waals surface area (Å²) in [5, 5.41) is 4.41. The van der Waals surface area contributed by atoms with E-state index in [1.165, 1.54) is 6.07 Å². The van der Waals surface area contributed by atoms with Crippen LogP contribution >= 0.6 is 0 Å². The lowest BCUT2D eigenvalue weighted by Crippen LogP contribution is -2.19. The minimum absolute atomic E-state index is 0.141. The molecule has 0 saturated carbocycles. The number of aromatic amines is 1. The van der Waals surface area contributed by atoms with Gasteiger partial charge < -0.3 is 15.6 Å². The number of fused-ring (bicyclic) bond motifs is 3. The molecular weight excluding hydrogens is 297 g/mol. The zero-order valence-electron chi connectivity index (χ0n) is 12.8. The Bertz CT molecular complexity index is 912. The van der Waals surface area contributed by atoms with Crippen molar-refractivity contribution in [2.75, 3.05) is 19.6 Å². The van der Waals surface area contributed by atoms with Crippen molar-refractivity contribution in [2.45, 2.75) is 19.3 Å². The van der Waals surface area contributed by atoms with E-state index in [4.69, 9.17) is 5.73 Å². The number of primary amides is 1. The number of likely N-dealkylation sites (N-methyl/N-ethyl adjacent to an activating group) is 1. The molecule has 1 saturated heterocycles. The molecule has 2 aromatic heterocycles. The molecule has 1 aliphatic rings. The number of halogens is 1. The van der Waals surface area contributed by atoms with Gasteiger partial charge in [-0.1, -0.05) is 6.92 Å². The van der Waals surface area contributed by atoms with Crippen molar-refractivity contribution < 1.29 is 9.18 Å². The normalized spacial score (nSPS) is 19.1. The lowest BCUT2D eigenvalue weighted by atomic mass is 10.0. The van der Waals surface area contributed by atoms with Gasteiger partial charge in [-0.05, 0) is 31.6 Å². The Morgan fingerprint density at radius 2 is 2.35 bits per heavy atom. The van der Waals surface area contributed by atoms with E-state index in [1.807, 2.05) is 6.20 Å². The number of hydrogen-bond donors (Lipinski definition) is 2. The Hall–Kier alpha value is -2.41. The fourth-order valence-electron chi connectivity index (χ4n) is 3.57. The topological polar surface area (TPSA) is 79.4 Å². The Labute approximate surface area is 132 Å². The van der Waals surface area contributed by atoms with Gasteiger partial charge in [-0.2, -0.15) is 5.10 Å². The fourth-order valence-corrected chi connectivity index (χ4v) is 3.57. The summed E-state index contributed by atoms with van der Waals surface area (Å²) >= 11 is 0. The van der Waals surface area contributed by atoms with Gasteiger partial charge in [0.1, 0.15) is 17.0 Å². The number of amides is 1. The summed E-state index contributed by atoms with van der Waals surface area (Å²) in [6, 6.07) is 2.53. The summed E-state index contributed by atoms with van der Waals surface area (Å²) in [6.45, 7) is 5.25. The van der Waals surface area contributed by atoms with Crippen molar-refractivity contribution in [1.82, 2.24) is 19.5 Å². The van der Waals surface area contributed by atoms with Crippen molar-refractivity contribution >= 4 is 22.6 Å². The SMILES string of the molecule is CCN1CCC(c2cnn3c2[nH]c2cc(F)cc(C(N)=O)c23)C1. The molecule has 1 aromatic carbocycles. The van der Waals surface area contributed by atoms with Gasteiger partial charge in [0.15, 0.2) is 0 Å². The van der Waals surface area contributed by atoms with Gasteiger partial charge in [0, 0.05) is 18.0 Å². The molecule has 0 spiro atoms. The molecule has 7 heteroatoms. The zero-order valence-corrected chi connectivity index (χ0v) is 12.8. The number of nitrogens with two attached hydrogens (primary N) is 1. The highest BCUT2D eigenvalue weighted by Gasteiger charge is 2.27. The smallest absolute Gasteiger partial charge is 0.251 e. The van der Waals surface area contributed by atoms with Crippen LogP contribution in [0.4, 0.5) is 4.39 Å². The highest BCUT2D eigenvalue weighted by Crippen LogP contribution is 2.32. The van der Waals surface area contributed by atoms with Crippen molar-refractivity contribution in [3.05, 3.63) is 35.3 Å². The average molecular weight is 315 g/mol. The summed E-state index contributed by atoms with van der Waals surface area (Å²) in [5.41, 5.74) is 8.53. The van der Waals surface area contributed by atoms with Gasteiger partial charge in [-0.3, -0.25) is 4.79 Å². The largest absolute Gasteiger partial charge is 0.366 e. The van der Waals surface area contributed by atoms with E-state index in [1.54, 1.807) is 4.52 Å². The Morgan fingerprint density at radius 1 is 1.52 bits per heavy atom. The van der Waals surface area contributed by atoms with Crippen molar-refractivity contribution in [3.8, 4) is 0 Å². The van der Waals surface area contributed by atoms with Crippen LogP contribution in [0.3, 0.4) is 0 Å². The lowest BCUT2D eigenvalue weighted by molar-refractivity contribution is 0.100. The van der Waals surface area contributed by atoms with E-state index in [0.717, 1.165) is 43.3 Å². The lowest BCUT2D eigenvalue weighted by Gasteiger charge is -2.11. The number of benzene rings is 1. The van der Waals surface area contributed by atoms with Crippen LogP contribution in [0.5, 0.6) is 0 Å². The zero-order chi connectivity index (χ0) is 16.1. The Morgan fingerprint density at radius 3 is 3.04 bits per heavy atom. The first-order valence-corrected chi connectivity index (χ1v) is 7.79. The minimum Gasteiger partial charge on any atom is -0.366 e. The van der Waals surface area contributed by atoms with E-state index in [9.17, 15) is 9.18 Å². The molecule has 120 valence electrons. The van der Waals surface area contributed by atoms with E-state index in [0.29, 0.717) is 17.0 Å². The third kappa shape index (κ3) is 2.11. The van der Waals surface area contributed by atoms with Crippen LogP contribution in [0, 0.1) is 5.82 Å². The second kappa shape index (κ2) is 5.06. The van der Waals surface area contributed by atoms with Crippen LogP contribution in [-0.4, -0.2) is 45.0 Å². The van der Waals surface area contributed by atoms with Crippen LogP contribution in [0.25, 0.3) is 16.7 Å². The van der Waals surface area contributed by atoms with Gasteiger partial charge in [0.25, 0.3) is 5.91 Å². The quantitative estimate of drug-likeness (QED) is 0.774. The molecule has 1 aliphatic heterocycles. The Balaban J connectivity index is 1.90. The highest BCUT2D eigenvalue weighted by atomic mass is 19.1. The average Bonchev–Trinajstić information content (AvgIpc) is 3.19. The highest BCUT2D eigenvalue weighted by molar-refractivity contribution is 6.05. The molecule has 3 N–H and O–H groups in total. The van der Waals surface area contributed by atoms with Crippen LogP contribution < -0.4 is 5.73 Å². The molecule has 3 aromatic rings. The molecular formula is C16H18FN5O. The molecule has 0 radical (unpaired) electrons. The second-order valence-electron chi connectivity index (χ2n) is 6.08. The minimum atomic E-state index is -0.662. The van der Waals surface area contributed by atoms with Gasteiger partial charge in [0.05, 0.1) is 17.3 Å². The van der Waals surface area contributed by atoms with Gasteiger partial charge in [-0.25, -0.2) is 8.91 Å². The van der Waals surface area contributed by atoms with Crippen LogP contribution in [0.15, 0.2) is 18.3 Å². The number of likely N-dealkylation sites (tertiary alicyclic amines) is 1. The first kappa shape index (κ1) is 14.2. The maximum absolute atomic E-state index is 13.7. The number of hydrogen-bond acceptors (Lipinski definition) is 3. The number of imidazole rings is 1. The Kier molecular flexibility index (Phi) is 3.12. The fraction of sp³-hybridized carbons (Fsp3) is 0.375. The summed E-state index contributed by atoms with van der Waals surface area (Å²) in [4.78, 5) is 17.2. The van der Waals surface area contributed by atoms with E-state index >= 15 is 0 Å². The van der Waals surface area contributed by atoms with E-state index in [2.05, 4.69) is 21.9 Å². The van der Waals surface area contributed by atoms with Crippen molar-refractivity contribution in [2.24, 2.45) is 5.73 Å². The molecule has 0 aliphatic carbocycles. The molecule has 6 nitrogen and oxygen atoms in total. The third-order valence-electron chi connectivity index (χ3n) is 4.76. The molecule has 1 fully saturated rings. The molecule has 23 heavy (non-hydrogen) atoms. The van der Waals surface area contributed by atoms with Gasteiger partial charge in [0.2, 0.25) is 0 Å². The second-order valence-corrected chi connectivity index (χ2v) is 6.08. The first-order valence-electron chi connectivity index (χ1n) is 7.79. The maximum atomic E-state index is 13.7. The number of carbonyl (C=O) groups excluding carboxylic acids is 1. The van der Waals surface area contributed by atoms with Crippen LogP contribution in [-0.2, 0) is 0 Å². The number of carbonyl (C=O) groups is 1. The van der Waals surface area contributed by atoms with E-state index < -0.39 is 11.7 Å². The standard InChI is InChI=1S/C16H18FN5O/c1-2-21-4-3-9(8-21)12-7-19-22-14-11(15(18)23)5-10(17)6-13(14)20-16(12)22/h5-7,9,20H,2-4,8H2,1H3,(H2,18,23). The number of H-pyrrole nitrogens is 1. The monoisotopic (exact) mass is 315 g/mol. The van der Waals surface area contributed by atoms with Gasteiger partial charge in [-0.15, -0.1) is 0 Å². The molecule has 1 unspecified atom stereocenters. The van der Waals surface area contributed by atoms with Crippen LogP contribution in [0.2, 0.25) is 0 Å². The predicted molar refractivity (Wildman–Crippen MR) is 85.0 cm³/mol. The van der Waals surface area contributed by atoms with Crippen molar-refractivity contribution in [3.63, 3.8) is 0 Å². The molecule has 4 rings (SSSR count). The maximum Gasteiger partial charge on any atom is 0.251 e. The first-order chi connectivity index (χ1) is 11.1. The number of aromatic nitrogens is 3. The summed E-state index contributed by atoms with van der Waals surface area (Å²) in [5.74, 6) is -0.761. The van der Waals surface area contributed by atoms with Gasteiger partial charge >= 0.3 is 0 Å². The van der Waals surface area contributed by atoms with E-state index in [-0.39, 0.29) is 5.56 Å². The third-order valence-corrected chi connectivity index (χ3v) is 4.76. The van der Waals surface area contributed by atoms with Crippen LogP contribution in [0.1, 0.15) is 35.2 Å². The number of rotatable bonds is 3. The molecule has 0 bridgehead atoms. The number of nitrogens with zero attached hydrogens (tertiary/aromatic N) is 3. The summed E-state index contributed by atoms with van der Waals surface area (Å²) in [6.07, 6.45) is 2.91. The summed E-state index contributed by atoms with van der Waals surface area (Å²) in [7, 11) is 0. The molecule has 3 heterocycles. The number of nitrogens with one attached hydrogen (secondary N) is 1. The summed E-state index contributed by atoms with van der Waals surface area (Å²) < 4.78 is 15.4. The molecule has 1 amide bonds. The van der Waals surface area contributed by atoms with Crippen molar-refractivity contribution in [1.29, 1.82) is 0 Å². The predicted octanol–water partition coefficient (Wildman–Crippen LogP) is 1.86. The molecule has 1 atom stereocenters.